The molecule has 5 heteroatoms. The van der Waals surface area contributed by atoms with Crippen LogP contribution >= 0.6 is 11.6 Å². The van der Waals surface area contributed by atoms with Gasteiger partial charge in [-0.1, -0.05) is 41.9 Å². The molecule has 2 aromatic carbocycles. The van der Waals surface area contributed by atoms with Gasteiger partial charge in [0.2, 0.25) is 0 Å². The molecule has 0 saturated carbocycles. The first-order valence-electron chi connectivity index (χ1n) is 7.50. The normalized spacial score (nSPS) is 10.7. The lowest BCUT2D eigenvalue weighted by Gasteiger charge is -2.04. The molecule has 1 heterocycles. The number of nitrogens with one attached hydrogen (secondary N) is 1. The van der Waals surface area contributed by atoms with E-state index in [-0.39, 0.29) is 5.56 Å². The van der Waals surface area contributed by atoms with E-state index < -0.39 is 5.97 Å². The summed E-state index contributed by atoms with van der Waals surface area (Å²) in [5, 5.41) is 12.9. The topological polar surface area (TPSA) is 62.5 Å². The van der Waals surface area contributed by atoms with Crippen LogP contribution in [0, 0.1) is 0 Å². The molecule has 0 fully saturated rings. The maximum atomic E-state index is 11.1. The number of rotatable bonds is 6. The quantitative estimate of drug-likeness (QED) is 0.688. The summed E-state index contributed by atoms with van der Waals surface area (Å²) in [7, 11) is 0. The van der Waals surface area contributed by atoms with Crippen molar-refractivity contribution in [3.63, 3.8) is 0 Å². The molecular weight excluding hydrogens is 326 g/mol. The fourth-order valence-electron chi connectivity index (χ4n) is 2.39. The highest BCUT2D eigenvalue weighted by Crippen LogP contribution is 2.30. The molecule has 1 aromatic heterocycles. The Morgan fingerprint density at radius 2 is 1.83 bits per heavy atom. The van der Waals surface area contributed by atoms with E-state index in [0.29, 0.717) is 22.9 Å². The first-order valence-corrected chi connectivity index (χ1v) is 7.88. The molecular formula is C19H16ClNO3. The van der Waals surface area contributed by atoms with E-state index in [9.17, 15) is 4.79 Å². The summed E-state index contributed by atoms with van der Waals surface area (Å²) in [4.78, 5) is 11.1. The zero-order chi connectivity index (χ0) is 16.9. The largest absolute Gasteiger partial charge is 0.478 e. The van der Waals surface area contributed by atoms with Gasteiger partial charge in [0.05, 0.1) is 17.1 Å². The van der Waals surface area contributed by atoms with Crippen molar-refractivity contribution in [2.45, 2.75) is 13.1 Å². The van der Waals surface area contributed by atoms with E-state index >= 15 is 0 Å². The first-order chi connectivity index (χ1) is 11.6. The van der Waals surface area contributed by atoms with Crippen LogP contribution in [-0.2, 0) is 13.1 Å². The third kappa shape index (κ3) is 3.85. The molecule has 0 spiro atoms. The van der Waals surface area contributed by atoms with Gasteiger partial charge in [0.25, 0.3) is 0 Å². The Hall–Kier alpha value is -2.56. The highest BCUT2D eigenvalue weighted by atomic mass is 35.5. The SMILES string of the molecule is O=C(O)c1ccc(Cl)c(-c2ccc(CNCc3ccccc3)o2)c1. The molecule has 2 N–H and O–H groups in total. The maximum absolute atomic E-state index is 11.1. The number of benzene rings is 2. The van der Waals surface area contributed by atoms with Crippen molar-refractivity contribution in [3.05, 3.63) is 82.6 Å². The van der Waals surface area contributed by atoms with Gasteiger partial charge < -0.3 is 14.8 Å². The van der Waals surface area contributed by atoms with Crippen molar-refractivity contribution in [2.75, 3.05) is 0 Å². The van der Waals surface area contributed by atoms with Gasteiger partial charge in [-0.15, -0.1) is 0 Å². The molecule has 0 aliphatic heterocycles. The molecule has 0 unspecified atom stereocenters. The van der Waals surface area contributed by atoms with Gasteiger partial charge >= 0.3 is 5.97 Å². The number of furan rings is 1. The van der Waals surface area contributed by atoms with Crippen molar-refractivity contribution < 1.29 is 14.3 Å². The predicted octanol–water partition coefficient (Wildman–Crippen LogP) is 4.59. The second-order valence-corrected chi connectivity index (χ2v) is 5.76. The molecule has 0 bridgehead atoms. The zero-order valence-corrected chi connectivity index (χ0v) is 13.6. The van der Waals surface area contributed by atoms with Crippen molar-refractivity contribution in [2.24, 2.45) is 0 Å². The van der Waals surface area contributed by atoms with E-state index in [0.717, 1.165) is 12.3 Å². The maximum Gasteiger partial charge on any atom is 0.335 e. The number of halogens is 1. The summed E-state index contributed by atoms with van der Waals surface area (Å²) < 4.78 is 5.78. The Morgan fingerprint density at radius 3 is 2.58 bits per heavy atom. The van der Waals surface area contributed by atoms with Crippen LogP contribution in [0.3, 0.4) is 0 Å². The van der Waals surface area contributed by atoms with Crippen LogP contribution in [-0.4, -0.2) is 11.1 Å². The number of carbonyl (C=O) groups is 1. The van der Waals surface area contributed by atoms with Crippen LogP contribution < -0.4 is 5.32 Å². The molecule has 3 aromatic rings. The molecule has 0 amide bonds. The predicted molar refractivity (Wildman–Crippen MR) is 93.1 cm³/mol. The minimum atomic E-state index is -0.996. The van der Waals surface area contributed by atoms with Crippen LogP contribution in [0.15, 0.2) is 65.1 Å². The van der Waals surface area contributed by atoms with E-state index in [1.807, 2.05) is 24.3 Å². The standard InChI is InChI=1S/C19H16ClNO3/c20-17-8-6-14(19(22)23)10-16(17)18-9-7-15(24-18)12-21-11-13-4-2-1-3-5-13/h1-10,21H,11-12H2,(H,22,23). The van der Waals surface area contributed by atoms with Crippen molar-refractivity contribution in [3.8, 4) is 11.3 Å². The lowest BCUT2D eigenvalue weighted by atomic mass is 10.1. The zero-order valence-electron chi connectivity index (χ0n) is 12.8. The number of aromatic carboxylic acids is 1. The highest BCUT2D eigenvalue weighted by molar-refractivity contribution is 6.33. The molecule has 0 aliphatic carbocycles. The van der Waals surface area contributed by atoms with Gasteiger partial charge in [-0.25, -0.2) is 4.79 Å². The Bertz CT molecular complexity index is 843. The fraction of sp³-hybridized carbons (Fsp3) is 0.105. The number of hydrogen-bond acceptors (Lipinski definition) is 3. The second kappa shape index (κ2) is 7.34. The summed E-state index contributed by atoms with van der Waals surface area (Å²) in [5.74, 6) is 0.321. The summed E-state index contributed by atoms with van der Waals surface area (Å²) in [6, 6.07) is 18.3. The monoisotopic (exact) mass is 341 g/mol. The van der Waals surface area contributed by atoms with E-state index in [1.54, 1.807) is 12.1 Å². The summed E-state index contributed by atoms with van der Waals surface area (Å²) >= 11 is 6.16. The fourth-order valence-corrected chi connectivity index (χ4v) is 2.60. The number of carboxylic acids is 1. The molecule has 3 rings (SSSR count). The Labute approximate surface area is 144 Å². The molecule has 0 aliphatic rings. The molecule has 0 saturated heterocycles. The summed E-state index contributed by atoms with van der Waals surface area (Å²) in [6.45, 7) is 1.32. The second-order valence-electron chi connectivity index (χ2n) is 5.35. The van der Waals surface area contributed by atoms with Crippen LogP contribution in [0.1, 0.15) is 21.7 Å². The van der Waals surface area contributed by atoms with Crippen LogP contribution in [0.25, 0.3) is 11.3 Å². The third-order valence-electron chi connectivity index (χ3n) is 3.61. The van der Waals surface area contributed by atoms with Gasteiger partial charge in [-0.3, -0.25) is 0 Å². The van der Waals surface area contributed by atoms with E-state index in [1.165, 1.54) is 17.7 Å². The summed E-state index contributed by atoms with van der Waals surface area (Å²) in [5.41, 5.74) is 1.95. The van der Waals surface area contributed by atoms with Gasteiger partial charge in [-0.2, -0.15) is 0 Å². The Morgan fingerprint density at radius 1 is 1.04 bits per heavy atom. The molecule has 0 atom stereocenters. The lowest BCUT2D eigenvalue weighted by Crippen LogP contribution is -2.11. The first kappa shape index (κ1) is 16.3. The van der Waals surface area contributed by atoms with E-state index in [4.69, 9.17) is 21.1 Å². The van der Waals surface area contributed by atoms with E-state index in [2.05, 4.69) is 17.4 Å². The van der Waals surface area contributed by atoms with Gasteiger partial charge in [0.15, 0.2) is 0 Å². The van der Waals surface area contributed by atoms with Crippen LogP contribution in [0.4, 0.5) is 0 Å². The molecule has 24 heavy (non-hydrogen) atoms. The van der Waals surface area contributed by atoms with Gasteiger partial charge in [0, 0.05) is 12.1 Å². The summed E-state index contributed by atoms with van der Waals surface area (Å²) in [6.07, 6.45) is 0. The minimum Gasteiger partial charge on any atom is -0.478 e. The number of hydrogen-bond donors (Lipinski definition) is 2. The van der Waals surface area contributed by atoms with Crippen molar-refractivity contribution in [1.29, 1.82) is 0 Å². The molecule has 122 valence electrons. The third-order valence-corrected chi connectivity index (χ3v) is 3.94. The van der Waals surface area contributed by atoms with Crippen molar-refractivity contribution >= 4 is 17.6 Å². The average molecular weight is 342 g/mol. The Balaban J connectivity index is 1.69. The van der Waals surface area contributed by atoms with Crippen LogP contribution in [0.5, 0.6) is 0 Å². The molecule has 0 radical (unpaired) electrons. The average Bonchev–Trinajstić information content (AvgIpc) is 3.04. The number of carboxylic acid groups (broad SMARTS) is 1. The van der Waals surface area contributed by atoms with Gasteiger partial charge in [0.1, 0.15) is 11.5 Å². The lowest BCUT2D eigenvalue weighted by molar-refractivity contribution is 0.0697. The highest BCUT2D eigenvalue weighted by Gasteiger charge is 2.12. The van der Waals surface area contributed by atoms with Crippen LogP contribution in [0.2, 0.25) is 5.02 Å². The van der Waals surface area contributed by atoms with Gasteiger partial charge in [-0.05, 0) is 35.9 Å². The molecule has 4 nitrogen and oxygen atoms in total. The van der Waals surface area contributed by atoms with Crippen molar-refractivity contribution in [1.82, 2.24) is 5.32 Å². The smallest absolute Gasteiger partial charge is 0.335 e. The Kier molecular flexibility index (Phi) is 4.99. The minimum absolute atomic E-state index is 0.176.